The lowest BCUT2D eigenvalue weighted by Gasteiger charge is -2.06. The van der Waals surface area contributed by atoms with Crippen molar-refractivity contribution in [1.29, 1.82) is 0 Å². The minimum Gasteiger partial charge on any atom is -0.396 e. The van der Waals surface area contributed by atoms with Gasteiger partial charge in [-0.3, -0.25) is 4.68 Å². The van der Waals surface area contributed by atoms with E-state index in [0.29, 0.717) is 29.5 Å². The van der Waals surface area contributed by atoms with E-state index in [1.807, 2.05) is 7.05 Å². The Bertz CT molecular complexity index is 509. The Hall–Kier alpha value is -1.82. The molecule has 90 valence electrons. The molecule has 0 aromatic carbocycles. The Kier molecular flexibility index (Phi) is 3.43. The van der Waals surface area contributed by atoms with Crippen molar-refractivity contribution < 1.29 is 0 Å². The zero-order valence-corrected chi connectivity index (χ0v) is 10.1. The summed E-state index contributed by atoms with van der Waals surface area (Å²) in [5.41, 5.74) is 6.29. The first-order chi connectivity index (χ1) is 8.15. The SMILES string of the molecule is Cn1cnc(CCNc2ncc(Cl)cc2N)n1. The van der Waals surface area contributed by atoms with E-state index in [9.17, 15) is 0 Å². The van der Waals surface area contributed by atoms with E-state index in [4.69, 9.17) is 17.3 Å². The monoisotopic (exact) mass is 252 g/mol. The second kappa shape index (κ2) is 5.01. The summed E-state index contributed by atoms with van der Waals surface area (Å²) in [4.78, 5) is 8.22. The summed E-state index contributed by atoms with van der Waals surface area (Å²) in [6.45, 7) is 0.669. The molecular formula is C10H13ClN6. The molecule has 0 saturated carbocycles. The van der Waals surface area contributed by atoms with Crippen molar-refractivity contribution in [2.45, 2.75) is 6.42 Å². The van der Waals surface area contributed by atoms with Crippen molar-refractivity contribution >= 4 is 23.1 Å². The van der Waals surface area contributed by atoms with Crippen molar-refractivity contribution in [2.75, 3.05) is 17.6 Å². The van der Waals surface area contributed by atoms with E-state index in [2.05, 4.69) is 20.4 Å². The smallest absolute Gasteiger partial charge is 0.152 e. The summed E-state index contributed by atoms with van der Waals surface area (Å²) in [6.07, 6.45) is 3.94. The molecule has 0 saturated heterocycles. The number of nitrogens with two attached hydrogens (primary N) is 1. The lowest BCUT2D eigenvalue weighted by molar-refractivity contribution is 0.742. The summed E-state index contributed by atoms with van der Waals surface area (Å²) in [7, 11) is 1.84. The Balaban J connectivity index is 1.90. The lowest BCUT2D eigenvalue weighted by Crippen LogP contribution is -2.09. The van der Waals surface area contributed by atoms with E-state index in [0.717, 1.165) is 5.82 Å². The fourth-order valence-corrected chi connectivity index (χ4v) is 1.56. The van der Waals surface area contributed by atoms with Crippen LogP contribution < -0.4 is 11.1 Å². The summed E-state index contributed by atoms with van der Waals surface area (Å²) in [5, 5.41) is 7.81. The van der Waals surface area contributed by atoms with Crippen LogP contribution in [0.25, 0.3) is 0 Å². The molecule has 0 atom stereocenters. The van der Waals surface area contributed by atoms with Crippen LogP contribution in [0.15, 0.2) is 18.6 Å². The molecule has 0 aliphatic carbocycles. The first kappa shape index (κ1) is 11.7. The minimum atomic E-state index is 0.527. The average Bonchev–Trinajstić information content (AvgIpc) is 2.68. The first-order valence-corrected chi connectivity index (χ1v) is 5.52. The van der Waals surface area contributed by atoms with Crippen molar-refractivity contribution in [3.63, 3.8) is 0 Å². The molecule has 0 amide bonds. The molecule has 0 radical (unpaired) electrons. The Morgan fingerprint density at radius 1 is 1.47 bits per heavy atom. The fourth-order valence-electron chi connectivity index (χ4n) is 1.39. The Labute approximate surface area is 104 Å². The zero-order valence-electron chi connectivity index (χ0n) is 9.39. The van der Waals surface area contributed by atoms with Crippen LogP contribution in [0, 0.1) is 0 Å². The van der Waals surface area contributed by atoms with Gasteiger partial charge in [-0.05, 0) is 6.07 Å². The molecule has 17 heavy (non-hydrogen) atoms. The number of nitrogen functional groups attached to an aromatic ring is 1. The number of aromatic nitrogens is 4. The van der Waals surface area contributed by atoms with Crippen LogP contribution in [-0.2, 0) is 13.5 Å². The Morgan fingerprint density at radius 2 is 2.29 bits per heavy atom. The highest BCUT2D eigenvalue weighted by Crippen LogP contribution is 2.18. The number of nitrogens with zero attached hydrogens (tertiary/aromatic N) is 4. The molecule has 0 aliphatic heterocycles. The van der Waals surface area contributed by atoms with Crippen molar-refractivity contribution in [3.8, 4) is 0 Å². The van der Waals surface area contributed by atoms with Gasteiger partial charge in [0.05, 0.1) is 10.7 Å². The average molecular weight is 253 g/mol. The lowest BCUT2D eigenvalue weighted by atomic mass is 10.3. The molecule has 2 heterocycles. The summed E-state index contributed by atoms with van der Waals surface area (Å²) in [6, 6.07) is 1.66. The van der Waals surface area contributed by atoms with Gasteiger partial charge in [0, 0.05) is 26.2 Å². The molecule has 0 aliphatic rings. The number of nitrogens with one attached hydrogen (secondary N) is 1. The van der Waals surface area contributed by atoms with Gasteiger partial charge in [0.1, 0.15) is 12.1 Å². The van der Waals surface area contributed by atoms with Gasteiger partial charge >= 0.3 is 0 Å². The van der Waals surface area contributed by atoms with E-state index in [1.165, 1.54) is 0 Å². The van der Waals surface area contributed by atoms with Crippen LogP contribution in [0.2, 0.25) is 5.02 Å². The van der Waals surface area contributed by atoms with Crippen LogP contribution >= 0.6 is 11.6 Å². The second-order valence-electron chi connectivity index (χ2n) is 3.60. The number of aryl methyl sites for hydroxylation is 1. The molecule has 2 aromatic heterocycles. The van der Waals surface area contributed by atoms with Crippen LogP contribution in [0.5, 0.6) is 0 Å². The molecule has 7 heteroatoms. The molecule has 3 N–H and O–H groups in total. The maximum Gasteiger partial charge on any atom is 0.152 e. The largest absolute Gasteiger partial charge is 0.396 e. The predicted molar refractivity (Wildman–Crippen MR) is 66.9 cm³/mol. The van der Waals surface area contributed by atoms with Crippen molar-refractivity contribution in [1.82, 2.24) is 19.7 Å². The van der Waals surface area contributed by atoms with Gasteiger partial charge in [0.2, 0.25) is 0 Å². The van der Waals surface area contributed by atoms with Gasteiger partial charge in [0.15, 0.2) is 5.82 Å². The van der Waals surface area contributed by atoms with Crippen LogP contribution in [0.1, 0.15) is 5.82 Å². The maximum absolute atomic E-state index is 5.76. The summed E-state index contributed by atoms with van der Waals surface area (Å²) >= 11 is 5.76. The highest BCUT2D eigenvalue weighted by Gasteiger charge is 2.02. The normalized spacial score (nSPS) is 10.5. The zero-order chi connectivity index (χ0) is 12.3. The van der Waals surface area contributed by atoms with Gasteiger partial charge < -0.3 is 11.1 Å². The molecule has 2 aromatic rings. The van der Waals surface area contributed by atoms with E-state index < -0.39 is 0 Å². The summed E-state index contributed by atoms with van der Waals surface area (Å²) in [5.74, 6) is 1.41. The standard InChI is InChI=1S/C10H13ClN6/c1-17-6-15-9(16-17)2-3-13-10-8(12)4-7(11)5-14-10/h4-6H,2-3,12H2,1H3,(H,13,14). The maximum atomic E-state index is 5.76. The van der Waals surface area contributed by atoms with Crippen LogP contribution in [0.3, 0.4) is 0 Å². The Morgan fingerprint density at radius 3 is 2.94 bits per heavy atom. The van der Waals surface area contributed by atoms with Gasteiger partial charge in [0.25, 0.3) is 0 Å². The third-order valence-corrected chi connectivity index (χ3v) is 2.38. The van der Waals surface area contributed by atoms with Gasteiger partial charge in [-0.25, -0.2) is 9.97 Å². The minimum absolute atomic E-state index is 0.527. The number of rotatable bonds is 4. The molecule has 0 bridgehead atoms. The van der Waals surface area contributed by atoms with Crippen molar-refractivity contribution in [2.24, 2.45) is 7.05 Å². The number of pyridine rings is 1. The van der Waals surface area contributed by atoms with Crippen LogP contribution in [-0.4, -0.2) is 26.3 Å². The fraction of sp³-hybridized carbons (Fsp3) is 0.300. The number of anilines is 2. The molecular weight excluding hydrogens is 240 g/mol. The molecule has 2 rings (SSSR count). The van der Waals surface area contributed by atoms with Crippen molar-refractivity contribution in [3.05, 3.63) is 29.4 Å². The van der Waals surface area contributed by atoms with Gasteiger partial charge in [-0.1, -0.05) is 11.6 Å². The predicted octanol–water partition coefficient (Wildman–Crippen LogP) is 1.10. The number of hydrogen-bond acceptors (Lipinski definition) is 5. The molecule has 0 spiro atoms. The third-order valence-electron chi connectivity index (χ3n) is 2.17. The molecule has 6 nitrogen and oxygen atoms in total. The van der Waals surface area contributed by atoms with Gasteiger partial charge in [-0.2, -0.15) is 5.10 Å². The first-order valence-electron chi connectivity index (χ1n) is 5.14. The molecule has 0 unspecified atom stereocenters. The topological polar surface area (TPSA) is 81.7 Å². The quantitative estimate of drug-likeness (QED) is 0.852. The highest BCUT2D eigenvalue weighted by molar-refractivity contribution is 6.30. The van der Waals surface area contributed by atoms with E-state index in [-0.39, 0.29) is 0 Å². The summed E-state index contributed by atoms with van der Waals surface area (Å²) < 4.78 is 1.67. The third kappa shape index (κ3) is 3.07. The molecule has 0 fully saturated rings. The van der Waals surface area contributed by atoms with Gasteiger partial charge in [-0.15, -0.1) is 0 Å². The number of halogens is 1. The van der Waals surface area contributed by atoms with E-state index >= 15 is 0 Å². The van der Waals surface area contributed by atoms with E-state index in [1.54, 1.807) is 23.3 Å². The second-order valence-corrected chi connectivity index (χ2v) is 4.04. The number of hydrogen-bond donors (Lipinski definition) is 2. The van der Waals surface area contributed by atoms with Crippen LogP contribution in [0.4, 0.5) is 11.5 Å². The highest BCUT2D eigenvalue weighted by atomic mass is 35.5.